The van der Waals surface area contributed by atoms with Crippen molar-refractivity contribution in [3.63, 3.8) is 0 Å². The van der Waals surface area contributed by atoms with Gasteiger partial charge in [0.1, 0.15) is 11.5 Å². The van der Waals surface area contributed by atoms with Crippen LogP contribution in [0.2, 0.25) is 0 Å². The molecule has 5 rings (SSSR count). The maximum absolute atomic E-state index is 13.7. The van der Waals surface area contributed by atoms with Crippen LogP contribution in [-0.2, 0) is 9.59 Å². The molecule has 186 valence electrons. The average Bonchev–Trinajstić information content (AvgIpc) is 3.62. The van der Waals surface area contributed by atoms with E-state index in [2.05, 4.69) is 10.6 Å². The van der Waals surface area contributed by atoms with Crippen LogP contribution in [0.15, 0.2) is 75.9 Å². The van der Waals surface area contributed by atoms with Crippen molar-refractivity contribution in [2.24, 2.45) is 4.99 Å². The highest BCUT2D eigenvalue weighted by Crippen LogP contribution is 2.45. The Morgan fingerprint density at radius 3 is 2.53 bits per heavy atom. The van der Waals surface area contributed by atoms with Gasteiger partial charge in [0.05, 0.1) is 38.0 Å². The van der Waals surface area contributed by atoms with Crippen LogP contribution in [0.3, 0.4) is 0 Å². The summed E-state index contributed by atoms with van der Waals surface area (Å²) >= 11 is 1.47. The molecule has 2 aliphatic heterocycles. The van der Waals surface area contributed by atoms with Crippen LogP contribution in [-0.4, -0.2) is 42.1 Å². The Kier molecular flexibility index (Phi) is 6.73. The fourth-order valence-electron chi connectivity index (χ4n) is 4.33. The first kappa shape index (κ1) is 24.0. The number of anilines is 1. The zero-order valence-corrected chi connectivity index (χ0v) is 21.2. The number of benzene rings is 2. The van der Waals surface area contributed by atoms with Gasteiger partial charge >= 0.3 is 0 Å². The van der Waals surface area contributed by atoms with Gasteiger partial charge in [0.2, 0.25) is 5.91 Å². The standard InChI is InChI=1S/C27H28N4O4S/c1-16-24(26(33)30-19-9-11-21(34-2)12-10-19)25(17-5-4-6-22(13-17)35-3)31-20(15-36-27(31)28-16)14-23(32)29-18-7-8-18/h4-6,9-13,15,18,25H,7-8,14H2,1-3H3,(H,29,32)(H,30,33). The minimum Gasteiger partial charge on any atom is -0.497 e. The Morgan fingerprint density at radius 2 is 1.83 bits per heavy atom. The molecule has 0 bridgehead atoms. The number of ether oxygens (including phenoxy) is 2. The van der Waals surface area contributed by atoms with E-state index >= 15 is 0 Å². The summed E-state index contributed by atoms with van der Waals surface area (Å²) in [4.78, 5) is 33.2. The first-order chi connectivity index (χ1) is 17.5. The number of nitrogens with zero attached hydrogens (tertiary/aromatic N) is 2. The maximum Gasteiger partial charge on any atom is 0.255 e. The van der Waals surface area contributed by atoms with Gasteiger partial charge in [0.25, 0.3) is 5.91 Å². The van der Waals surface area contributed by atoms with Crippen LogP contribution in [0, 0.1) is 0 Å². The van der Waals surface area contributed by atoms with Crippen molar-refractivity contribution in [2.45, 2.75) is 38.3 Å². The molecule has 1 fully saturated rings. The molecule has 0 radical (unpaired) electrons. The Balaban J connectivity index is 1.50. The second-order valence-electron chi connectivity index (χ2n) is 8.87. The van der Waals surface area contributed by atoms with Gasteiger partial charge in [-0.2, -0.15) is 0 Å². The number of thioether (sulfide) groups is 1. The Morgan fingerprint density at radius 1 is 1.08 bits per heavy atom. The second-order valence-corrected chi connectivity index (χ2v) is 9.71. The molecule has 1 unspecified atom stereocenters. The summed E-state index contributed by atoms with van der Waals surface area (Å²) in [5.41, 5.74) is 3.48. The first-order valence-electron chi connectivity index (χ1n) is 11.8. The number of carbonyl (C=O) groups is 2. The van der Waals surface area contributed by atoms with Crippen LogP contribution >= 0.6 is 11.8 Å². The number of fused-ring (bicyclic) bond motifs is 1. The number of hydrogen-bond acceptors (Lipinski definition) is 7. The third-order valence-corrected chi connectivity index (χ3v) is 7.18. The minimum atomic E-state index is -0.471. The predicted molar refractivity (Wildman–Crippen MR) is 141 cm³/mol. The lowest BCUT2D eigenvalue weighted by Crippen LogP contribution is -2.39. The van der Waals surface area contributed by atoms with Crippen LogP contribution in [0.1, 0.15) is 37.8 Å². The summed E-state index contributed by atoms with van der Waals surface area (Å²) in [5, 5.41) is 8.76. The van der Waals surface area contributed by atoms with E-state index in [1.54, 1.807) is 38.5 Å². The fourth-order valence-corrected chi connectivity index (χ4v) is 5.29. The van der Waals surface area contributed by atoms with E-state index in [0.29, 0.717) is 28.5 Å². The maximum atomic E-state index is 13.7. The van der Waals surface area contributed by atoms with Crippen molar-refractivity contribution >= 4 is 34.4 Å². The van der Waals surface area contributed by atoms with E-state index in [1.807, 2.05) is 41.5 Å². The van der Waals surface area contributed by atoms with Gasteiger partial charge in [0, 0.05) is 17.4 Å². The summed E-state index contributed by atoms with van der Waals surface area (Å²) in [6.45, 7) is 1.85. The molecule has 2 aromatic rings. The Hall–Kier alpha value is -3.72. The molecule has 8 nitrogen and oxygen atoms in total. The lowest BCUT2D eigenvalue weighted by molar-refractivity contribution is -0.120. The van der Waals surface area contributed by atoms with Crippen LogP contribution in [0.5, 0.6) is 11.5 Å². The van der Waals surface area contributed by atoms with Gasteiger partial charge in [-0.1, -0.05) is 23.9 Å². The molecule has 2 heterocycles. The summed E-state index contributed by atoms with van der Waals surface area (Å²) < 4.78 is 10.7. The van der Waals surface area contributed by atoms with E-state index in [-0.39, 0.29) is 24.3 Å². The SMILES string of the molecule is COc1ccc(NC(=O)C2=C(C)N=C3SC=C(CC(=O)NC4CC4)N3C2c2cccc(OC)c2)cc1. The van der Waals surface area contributed by atoms with Gasteiger partial charge in [0.15, 0.2) is 5.17 Å². The van der Waals surface area contributed by atoms with Gasteiger partial charge in [-0.3, -0.25) is 9.59 Å². The van der Waals surface area contributed by atoms with Crippen LogP contribution in [0.4, 0.5) is 5.69 Å². The Bertz CT molecular complexity index is 1280. The van der Waals surface area contributed by atoms with E-state index < -0.39 is 6.04 Å². The number of hydrogen-bond donors (Lipinski definition) is 2. The molecule has 1 saturated carbocycles. The molecule has 1 aliphatic carbocycles. The van der Waals surface area contributed by atoms with Gasteiger partial charge in [-0.05, 0) is 67.1 Å². The molecule has 2 amide bonds. The van der Waals surface area contributed by atoms with E-state index in [1.165, 1.54) is 11.8 Å². The zero-order chi connectivity index (χ0) is 25.2. The molecule has 2 N–H and O–H groups in total. The molecule has 3 aliphatic rings. The van der Waals surface area contributed by atoms with Crippen LogP contribution < -0.4 is 20.1 Å². The highest BCUT2D eigenvalue weighted by Gasteiger charge is 2.41. The number of carbonyl (C=O) groups excluding carboxylic acids is 2. The summed E-state index contributed by atoms with van der Waals surface area (Å²) in [7, 11) is 3.21. The number of rotatable bonds is 8. The van der Waals surface area contributed by atoms with E-state index in [9.17, 15) is 9.59 Å². The van der Waals surface area contributed by atoms with Gasteiger partial charge in [-0.15, -0.1) is 0 Å². The lowest BCUT2D eigenvalue weighted by atomic mass is 9.93. The summed E-state index contributed by atoms with van der Waals surface area (Å²) in [6.07, 6.45) is 2.27. The normalized spacial score (nSPS) is 18.8. The molecule has 1 atom stereocenters. The quantitative estimate of drug-likeness (QED) is 0.547. The number of allylic oxidation sites excluding steroid dienone is 1. The van der Waals surface area contributed by atoms with Crippen molar-refractivity contribution < 1.29 is 19.1 Å². The van der Waals surface area contributed by atoms with Gasteiger partial charge in [-0.25, -0.2) is 4.99 Å². The molecule has 9 heteroatoms. The molecule has 0 saturated heterocycles. The van der Waals surface area contributed by atoms with Crippen molar-refractivity contribution in [3.8, 4) is 11.5 Å². The van der Waals surface area contributed by atoms with Crippen molar-refractivity contribution in [2.75, 3.05) is 19.5 Å². The van der Waals surface area contributed by atoms with Crippen LogP contribution in [0.25, 0.3) is 0 Å². The number of amides is 2. The van der Waals surface area contributed by atoms with E-state index in [0.717, 1.165) is 29.3 Å². The topological polar surface area (TPSA) is 92.3 Å². The number of aliphatic imine (C=N–C) groups is 1. The monoisotopic (exact) mass is 504 g/mol. The van der Waals surface area contributed by atoms with Crippen molar-refractivity contribution in [3.05, 3.63) is 76.5 Å². The number of nitrogens with one attached hydrogen (secondary N) is 2. The molecular formula is C27H28N4O4S. The fraction of sp³-hybridized carbons (Fsp3) is 0.296. The lowest BCUT2D eigenvalue weighted by Gasteiger charge is -2.36. The number of methoxy groups -OCH3 is 2. The average molecular weight is 505 g/mol. The van der Waals surface area contributed by atoms with Crippen molar-refractivity contribution in [1.29, 1.82) is 0 Å². The molecule has 36 heavy (non-hydrogen) atoms. The second kappa shape index (κ2) is 10.1. The summed E-state index contributed by atoms with van der Waals surface area (Å²) in [5.74, 6) is 1.11. The predicted octanol–water partition coefficient (Wildman–Crippen LogP) is 4.59. The molecule has 2 aromatic carbocycles. The summed E-state index contributed by atoms with van der Waals surface area (Å²) in [6, 6.07) is 14.7. The zero-order valence-electron chi connectivity index (χ0n) is 20.4. The highest BCUT2D eigenvalue weighted by molar-refractivity contribution is 8.16. The molecule has 0 spiro atoms. The smallest absolute Gasteiger partial charge is 0.255 e. The third-order valence-electron chi connectivity index (χ3n) is 6.29. The first-order valence-corrected chi connectivity index (χ1v) is 12.7. The van der Waals surface area contributed by atoms with Gasteiger partial charge < -0.3 is 25.0 Å². The largest absolute Gasteiger partial charge is 0.497 e. The molecule has 0 aromatic heterocycles. The number of amidine groups is 1. The highest BCUT2D eigenvalue weighted by atomic mass is 32.2. The Labute approximate surface area is 214 Å². The minimum absolute atomic E-state index is 0.0227. The van der Waals surface area contributed by atoms with Crippen molar-refractivity contribution in [1.82, 2.24) is 10.2 Å². The third kappa shape index (κ3) is 4.97. The molecular weight excluding hydrogens is 476 g/mol. The van der Waals surface area contributed by atoms with E-state index in [4.69, 9.17) is 14.5 Å².